The van der Waals surface area contributed by atoms with Crippen LogP contribution in [0.3, 0.4) is 0 Å². The summed E-state index contributed by atoms with van der Waals surface area (Å²) in [5, 5.41) is 8.98. The first-order chi connectivity index (χ1) is 16.7. The van der Waals surface area contributed by atoms with Gasteiger partial charge in [-0.15, -0.1) is 0 Å². The van der Waals surface area contributed by atoms with Gasteiger partial charge in [-0.3, -0.25) is 4.79 Å². The van der Waals surface area contributed by atoms with Gasteiger partial charge in [0.2, 0.25) is 11.0 Å². The summed E-state index contributed by atoms with van der Waals surface area (Å²) in [5.74, 6) is 1.12. The van der Waals surface area contributed by atoms with E-state index in [1.807, 2.05) is 79.0 Å². The van der Waals surface area contributed by atoms with Crippen molar-refractivity contribution in [2.24, 2.45) is 0 Å². The molecule has 0 aliphatic carbocycles. The normalized spacial score (nSPS) is 15.2. The zero-order valence-electron chi connectivity index (χ0n) is 17.9. The van der Waals surface area contributed by atoms with E-state index in [9.17, 15) is 4.79 Å². The molecule has 1 amide bonds. The van der Waals surface area contributed by atoms with Gasteiger partial charge >= 0.3 is 0 Å². The fourth-order valence-electron chi connectivity index (χ4n) is 4.26. The van der Waals surface area contributed by atoms with E-state index in [0.717, 1.165) is 32.7 Å². The first-order valence-corrected chi connectivity index (χ1v) is 12.1. The molecule has 0 saturated carbocycles. The number of amides is 1. The van der Waals surface area contributed by atoms with Gasteiger partial charge in [-0.25, -0.2) is 4.98 Å². The Balaban J connectivity index is 1.37. The van der Waals surface area contributed by atoms with Gasteiger partial charge in [0.25, 0.3) is 0 Å². The lowest BCUT2D eigenvalue weighted by molar-refractivity contribution is -0.116. The van der Waals surface area contributed by atoms with E-state index in [1.54, 1.807) is 4.68 Å². The molecule has 5 aromatic rings. The Morgan fingerprint density at radius 1 is 1.03 bits per heavy atom. The van der Waals surface area contributed by atoms with Crippen LogP contribution < -0.4 is 10.1 Å². The van der Waals surface area contributed by atoms with Crippen molar-refractivity contribution in [2.45, 2.75) is 18.9 Å². The molecule has 0 saturated heterocycles. The number of thiazole rings is 1. The van der Waals surface area contributed by atoms with Crippen molar-refractivity contribution in [3.63, 3.8) is 0 Å². The summed E-state index contributed by atoms with van der Waals surface area (Å²) >= 11 is 7.84. The molecule has 3 heterocycles. The number of para-hydroxylation sites is 2. The average molecular weight is 487 g/mol. The first kappa shape index (κ1) is 20.9. The number of fused-ring (bicyclic) bond motifs is 2. The van der Waals surface area contributed by atoms with Crippen LogP contribution >= 0.6 is 22.9 Å². The fraction of sp³-hybridized carbons (Fsp3) is 0.115. The van der Waals surface area contributed by atoms with Gasteiger partial charge in [-0.05, 0) is 24.3 Å². The highest BCUT2D eigenvalue weighted by atomic mass is 35.5. The van der Waals surface area contributed by atoms with E-state index in [1.165, 1.54) is 11.3 Å². The quantitative estimate of drug-likeness (QED) is 0.321. The first-order valence-electron chi connectivity index (χ1n) is 10.9. The summed E-state index contributed by atoms with van der Waals surface area (Å²) in [5.41, 5.74) is 3.69. The number of nitrogens with one attached hydrogen (secondary N) is 1. The van der Waals surface area contributed by atoms with Crippen LogP contribution in [0, 0.1) is 0 Å². The molecule has 1 N–H and O–H groups in total. The minimum Gasteiger partial charge on any atom is -0.489 e. The van der Waals surface area contributed by atoms with Crippen molar-refractivity contribution < 1.29 is 9.53 Å². The van der Waals surface area contributed by atoms with Gasteiger partial charge in [0, 0.05) is 34.1 Å². The predicted octanol–water partition coefficient (Wildman–Crippen LogP) is 6.19. The summed E-state index contributed by atoms with van der Waals surface area (Å²) < 4.78 is 8.97. The van der Waals surface area contributed by atoms with Crippen molar-refractivity contribution >= 4 is 44.9 Å². The Morgan fingerprint density at radius 3 is 2.71 bits per heavy atom. The van der Waals surface area contributed by atoms with Crippen LogP contribution in [0.4, 0.5) is 5.82 Å². The molecule has 0 fully saturated rings. The lowest BCUT2D eigenvalue weighted by Crippen LogP contribution is -2.24. The lowest BCUT2D eigenvalue weighted by atomic mass is 9.87. The molecule has 6 rings (SSSR count). The van der Waals surface area contributed by atoms with Crippen LogP contribution in [0.1, 0.15) is 29.0 Å². The van der Waals surface area contributed by atoms with E-state index in [2.05, 4.69) is 10.4 Å². The smallest absolute Gasteiger partial charge is 0.226 e. The summed E-state index contributed by atoms with van der Waals surface area (Å²) in [7, 11) is 0. The van der Waals surface area contributed by atoms with E-state index in [0.29, 0.717) is 29.0 Å². The van der Waals surface area contributed by atoms with Crippen molar-refractivity contribution in [1.82, 2.24) is 14.8 Å². The summed E-state index contributed by atoms with van der Waals surface area (Å²) in [6.07, 6.45) is 2.13. The molecule has 8 heteroatoms. The van der Waals surface area contributed by atoms with Crippen LogP contribution in [0.15, 0.2) is 79.0 Å². The topological polar surface area (TPSA) is 69.0 Å². The standard InChI is InChI=1S/C26H19ClN4O2S/c27-20-9-3-1-7-16(20)15-33-22-11-5-2-8-17(22)18-13-24(32)30-25-19(18)14-28-31(25)26-29-21-10-4-6-12-23(21)34-26/h1-12,14,18H,13,15H2,(H,30,32)/t18-/m0/s1. The lowest BCUT2D eigenvalue weighted by Gasteiger charge is -2.25. The molecule has 1 aliphatic heterocycles. The Labute approximate surface area is 204 Å². The summed E-state index contributed by atoms with van der Waals surface area (Å²) in [4.78, 5) is 17.5. The zero-order chi connectivity index (χ0) is 23.1. The molecule has 2 aromatic heterocycles. The molecule has 6 nitrogen and oxygen atoms in total. The van der Waals surface area contributed by atoms with E-state index < -0.39 is 0 Å². The monoisotopic (exact) mass is 486 g/mol. The number of nitrogens with zero attached hydrogens (tertiary/aromatic N) is 3. The number of halogens is 1. The predicted molar refractivity (Wildman–Crippen MR) is 134 cm³/mol. The van der Waals surface area contributed by atoms with Crippen molar-refractivity contribution in [3.8, 4) is 10.9 Å². The molecule has 0 radical (unpaired) electrons. The van der Waals surface area contributed by atoms with Crippen molar-refractivity contribution in [2.75, 3.05) is 5.32 Å². The third-order valence-electron chi connectivity index (χ3n) is 5.92. The second-order valence-corrected chi connectivity index (χ2v) is 9.46. The van der Waals surface area contributed by atoms with Gasteiger partial charge in [0.15, 0.2) is 0 Å². The highest BCUT2D eigenvalue weighted by Gasteiger charge is 2.32. The Kier molecular flexibility index (Phi) is 5.28. The molecule has 0 spiro atoms. The van der Waals surface area contributed by atoms with Crippen LogP contribution in [-0.2, 0) is 11.4 Å². The third kappa shape index (κ3) is 3.73. The Bertz CT molecular complexity index is 1490. The maximum Gasteiger partial charge on any atom is 0.226 e. The fourth-order valence-corrected chi connectivity index (χ4v) is 5.38. The molecule has 0 unspecified atom stereocenters. The molecular formula is C26H19ClN4O2S. The van der Waals surface area contributed by atoms with Crippen LogP contribution in [0.5, 0.6) is 5.75 Å². The van der Waals surface area contributed by atoms with E-state index in [-0.39, 0.29) is 11.8 Å². The molecular weight excluding hydrogens is 468 g/mol. The third-order valence-corrected chi connectivity index (χ3v) is 7.30. The number of carbonyl (C=O) groups is 1. The van der Waals surface area contributed by atoms with Crippen LogP contribution in [0.25, 0.3) is 15.3 Å². The van der Waals surface area contributed by atoms with Gasteiger partial charge < -0.3 is 10.1 Å². The highest BCUT2D eigenvalue weighted by molar-refractivity contribution is 7.20. The maximum absolute atomic E-state index is 12.8. The van der Waals surface area contributed by atoms with Crippen molar-refractivity contribution in [1.29, 1.82) is 0 Å². The zero-order valence-corrected chi connectivity index (χ0v) is 19.5. The van der Waals surface area contributed by atoms with E-state index in [4.69, 9.17) is 21.3 Å². The van der Waals surface area contributed by atoms with Gasteiger partial charge in [-0.1, -0.05) is 71.5 Å². The number of carbonyl (C=O) groups excluding carboxylic acids is 1. The largest absolute Gasteiger partial charge is 0.489 e. The number of hydrogen-bond acceptors (Lipinski definition) is 5. The highest BCUT2D eigenvalue weighted by Crippen LogP contribution is 2.42. The number of ether oxygens (including phenoxy) is 1. The number of benzene rings is 3. The molecule has 34 heavy (non-hydrogen) atoms. The number of aromatic nitrogens is 3. The number of anilines is 1. The molecule has 1 aliphatic rings. The second kappa shape index (κ2) is 8.59. The maximum atomic E-state index is 12.8. The molecule has 0 bridgehead atoms. The van der Waals surface area contributed by atoms with Gasteiger partial charge in [0.1, 0.15) is 18.2 Å². The van der Waals surface area contributed by atoms with E-state index >= 15 is 0 Å². The average Bonchev–Trinajstić information content (AvgIpc) is 3.47. The number of rotatable bonds is 5. The summed E-state index contributed by atoms with van der Waals surface area (Å²) in [6, 6.07) is 23.4. The Morgan fingerprint density at radius 2 is 1.82 bits per heavy atom. The minimum absolute atomic E-state index is 0.0683. The van der Waals surface area contributed by atoms with Gasteiger partial charge in [0.05, 0.1) is 16.4 Å². The van der Waals surface area contributed by atoms with Crippen molar-refractivity contribution in [3.05, 3.63) is 101 Å². The number of hydrogen-bond donors (Lipinski definition) is 1. The molecule has 168 valence electrons. The van der Waals surface area contributed by atoms with Gasteiger partial charge in [-0.2, -0.15) is 9.78 Å². The molecule has 3 aromatic carbocycles. The Hall–Kier alpha value is -3.68. The minimum atomic E-state index is -0.186. The summed E-state index contributed by atoms with van der Waals surface area (Å²) in [6.45, 7) is 0.341. The SMILES string of the molecule is O=C1C[C@@H](c2ccccc2OCc2ccccc2Cl)c2cnn(-c3nc4ccccc4s3)c2N1. The van der Waals surface area contributed by atoms with Crippen LogP contribution in [-0.4, -0.2) is 20.7 Å². The van der Waals surface area contributed by atoms with Crippen LogP contribution in [0.2, 0.25) is 5.02 Å². The molecule has 1 atom stereocenters. The second-order valence-electron chi connectivity index (χ2n) is 8.05.